The van der Waals surface area contributed by atoms with Crippen LogP contribution in [0, 0.1) is 0 Å². The summed E-state index contributed by atoms with van der Waals surface area (Å²) in [4.78, 5) is 15.2. The van der Waals surface area contributed by atoms with Crippen molar-refractivity contribution >= 4 is 16.8 Å². The van der Waals surface area contributed by atoms with E-state index in [4.69, 9.17) is 9.47 Å². The van der Waals surface area contributed by atoms with Gasteiger partial charge in [0.05, 0.1) is 12.1 Å². The molecule has 1 aliphatic heterocycles. The number of ether oxygens (including phenoxy) is 2. The number of nitrogens with one attached hydrogen (secondary N) is 2. The molecule has 21 heavy (non-hydrogen) atoms. The minimum Gasteiger partial charge on any atom is -0.493 e. The van der Waals surface area contributed by atoms with Crippen LogP contribution in [-0.2, 0) is 6.42 Å². The van der Waals surface area contributed by atoms with Gasteiger partial charge in [-0.25, -0.2) is 0 Å². The normalized spacial score (nSPS) is 16.6. The van der Waals surface area contributed by atoms with Crippen molar-refractivity contribution in [3.8, 4) is 11.5 Å². The fourth-order valence-corrected chi connectivity index (χ4v) is 2.78. The van der Waals surface area contributed by atoms with Gasteiger partial charge in [0.15, 0.2) is 0 Å². The number of aromatic nitrogens is 1. The van der Waals surface area contributed by atoms with Crippen LogP contribution in [0.4, 0.5) is 0 Å². The molecule has 2 aromatic rings. The van der Waals surface area contributed by atoms with Crippen molar-refractivity contribution in [1.82, 2.24) is 10.3 Å². The van der Waals surface area contributed by atoms with Crippen LogP contribution in [0.3, 0.4) is 0 Å². The molecule has 0 radical (unpaired) electrons. The van der Waals surface area contributed by atoms with Gasteiger partial charge in [0.2, 0.25) is 0 Å². The lowest BCUT2D eigenvalue weighted by Crippen LogP contribution is -2.22. The predicted molar refractivity (Wildman–Crippen MR) is 81.3 cm³/mol. The molecule has 2 N–H and O–H groups in total. The molecule has 0 saturated heterocycles. The number of carbonyl (C=O) groups is 1. The lowest BCUT2D eigenvalue weighted by molar-refractivity contribution is 0.0951. The Morgan fingerprint density at radius 1 is 1.48 bits per heavy atom. The highest BCUT2D eigenvalue weighted by molar-refractivity contribution is 6.02. The van der Waals surface area contributed by atoms with Crippen molar-refractivity contribution in [1.29, 1.82) is 0 Å². The first-order valence-corrected chi connectivity index (χ1v) is 7.40. The molecule has 5 heteroatoms. The van der Waals surface area contributed by atoms with Crippen molar-refractivity contribution < 1.29 is 14.3 Å². The molecule has 2 heterocycles. The summed E-state index contributed by atoms with van der Waals surface area (Å²) in [6, 6.07) is 3.86. The van der Waals surface area contributed by atoms with Crippen LogP contribution in [0.5, 0.6) is 11.5 Å². The van der Waals surface area contributed by atoms with Crippen molar-refractivity contribution in [2.75, 3.05) is 13.2 Å². The summed E-state index contributed by atoms with van der Waals surface area (Å²) < 4.78 is 11.6. The lowest BCUT2D eigenvalue weighted by atomic mass is 10.1. The van der Waals surface area contributed by atoms with Crippen LogP contribution in [0.1, 0.15) is 36.8 Å². The first-order chi connectivity index (χ1) is 10.1. The molecule has 0 fully saturated rings. The number of hydrogen-bond donors (Lipinski definition) is 2. The Morgan fingerprint density at radius 3 is 3.00 bits per heavy atom. The van der Waals surface area contributed by atoms with Crippen molar-refractivity contribution in [3.05, 3.63) is 23.4 Å². The number of aromatic amines is 1. The maximum absolute atomic E-state index is 12.0. The summed E-state index contributed by atoms with van der Waals surface area (Å²) in [6.07, 6.45) is 1.01. The van der Waals surface area contributed by atoms with Gasteiger partial charge in [-0.3, -0.25) is 4.79 Å². The van der Waals surface area contributed by atoms with Crippen molar-refractivity contribution in [2.45, 2.75) is 33.3 Å². The molecule has 1 aliphatic rings. The number of benzene rings is 1. The predicted octanol–water partition coefficient (Wildman–Crippen LogP) is 2.64. The van der Waals surface area contributed by atoms with Crippen LogP contribution in [0.15, 0.2) is 12.1 Å². The van der Waals surface area contributed by atoms with E-state index in [0.29, 0.717) is 18.8 Å². The zero-order chi connectivity index (χ0) is 15.0. The van der Waals surface area contributed by atoms with Crippen LogP contribution in [0.25, 0.3) is 10.9 Å². The molecule has 1 aromatic heterocycles. The SMILES string of the molecule is CCNC(=O)c1cc2c(OCC)cc3c(c2[nH]1)OC(C)C3. The largest absolute Gasteiger partial charge is 0.493 e. The minimum atomic E-state index is -0.115. The van der Waals surface area contributed by atoms with Crippen molar-refractivity contribution in [3.63, 3.8) is 0 Å². The molecule has 112 valence electrons. The highest BCUT2D eigenvalue weighted by Gasteiger charge is 2.26. The molecular formula is C16H20N2O3. The molecule has 3 rings (SSSR count). The maximum atomic E-state index is 12.0. The van der Waals surface area contributed by atoms with E-state index in [2.05, 4.69) is 10.3 Å². The van der Waals surface area contributed by atoms with Crippen molar-refractivity contribution in [2.24, 2.45) is 0 Å². The highest BCUT2D eigenvalue weighted by Crippen LogP contribution is 2.41. The van der Waals surface area contributed by atoms with Gasteiger partial charge < -0.3 is 19.8 Å². The average molecular weight is 288 g/mol. The Kier molecular flexibility index (Phi) is 3.49. The minimum absolute atomic E-state index is 0.115. The molecule has 1 aromatic carbocycles. The molecule has 5 nitrogen and oxygen atoms in total. The Labute approximate surface area is 123 Å². The van der Waals surface area contributed by atoms with E-state index in [-0.39, 0.29) is 12.0 Å². The first-order valence-electron chi connectivity index (χ1n) is 7.40. The second-order valence-electron chi connectivity index (χ2n) is 5.26. The molecule has 0 bridgehead atoms. The Balaban J connectivity index is 2.15. The van der Waals surface area contributed by atoms with E-state index in [1.807, 2.05) is 32.9 Å². The fraction of sp³-hybridized carbons (Fsp3) is 0.438. The van der Waals surface area contributed by atoms with Crippen LogP contribution < -0.4 is 14.8 Å². The third-order valence-corrected chi connectivity index (χ3v) is 3.62. The lowest BCUT2D eigenvalue weighted by Gasteiger charge is -2.08. The Bertz CT molecular complexity index is 690. The Morgan fingerprint density at radius 2 is 2.29 bits per heavy atom. The smallest absolute Gasteiger partial charge is 0.267 e. The maximum Gasteiger partial charge on any atom is 0.267 e. The highest BCUT2D eigenvalue weighted by atomic mass is 16.5. The van der Waals surface area contributed by atoms with E-state index in [1.165, 1.54) is 0 Å². The summed E-state index contributed by atoms with van der Waals surface area (Å²) in [5, 5.41) is 3.69. The van der Waals surface area contributed by atoms with Gasteiger partial charge in [-0.15, -0.1) is 0 Å². The quantitative estimate of drug-likeness (QED) is 0.909. The van der Waals surface area contributed by atoms with E-state index < -0.39 is 0 Å². The number of H-pyrrole nitrogens is 1. The molecule has 1 amide bonds. The monoisotopic (exact) mass is 288 g/mol. The fourth-order valence-electron chi connectivity index (χ4n) is 2.78. The molecule has 0 spiro atoms. The van der Waals surface area contributed by atoms with Gasteiger partial charge in [0.25, 0.3) is 5.91 Å². The number of hydrogen-bond acceptors (Lipinski definition) is 3. The first kappa shape index (κ1) is 13.8. The molecular weight excluding hydrogens is 268 g/mol. The topological polar surface area (TPSA) is 63.3 Å². The van der Waals surface area contributed by atoms with Gasteiger partial charge >= 0.3 is 0 Å². The third-order valence-electron chi connectivity index (χ3n) is 3.62. The van der Waals surface area contributed by atoms with Gasteiger partial charge in [-0.05, 0) is 32.9 Å². The summed E-state index contributed by atoms with van der Waals surface area (Å²) in [5.74, 6) is 1.53. The average Bonchev–Trinajstić information content (AvgIpc) is 3.02. The summed E-state index contributed by atoms with van der Waals surface area (Å²) in [5.41, 5.74) is 2.51. The van der Waals surface area contributed by atoms with Gasteiger partial charge in [0, 0.05) is 23.9 Å². The van der Waals surface area contributed by atoms with Crippen LogP contribution >= 0.6 is 0 Å². The summed E-state index contributed by atoms with van der Waals surface area (Å²) >= 11 is 0. The Hall–Kier alpha value is -2.17. The molecule has 0 aliphatic carbocycles. The summed E-state index contributed by atoms with van der Waals surface area (Å²) in [6.45, 7) is 7.08. The van der Waals surface area contributed by atoms with Gasteiger partial charge in [0.1, 0.15) is 23.3 Å². The van der Waals surface area contributed by atoms with Gasteiger partial charge in [-0.1, -0.05) is 0 Å². The van der Waals surface area contributed by atoms with E-state index in [1.54, 1.807) is 0 Å². The summed E-state index contributed by atoms with van der Waals surface area (Å²) in [7, 11) is 0. The molecule has 0 saturated carbocycles. The molecule has 1 unspecified atom stereocenters. The van der Waals surface area contributed by atoms with Crippen LogP contribution in [-0.4, -0.2) is 30.1 Å². The van der Waals surface area contributed by atoms with Gasteiger partial charge in [-0.2, -0.15) is 0 Å². The van der Waals surface area contributed by atoms with E-state index in [9.17, 15) is 4.79 Å². The zero-order valence-corrected chi connectivity index (χ0v) is 12.6. The zero-order valence-electron chi connectivity index (χ0n) is 12.6. The number of carbonyl (C=O) groups excluding carboxylic acids is 1. The second-order valence-corrected chi connectivity index (χ2v) is 5.26. The second kappa shape index (κ2) is 5.31. The van der Waals surface area contributed by atoms with Crippen LogP contribution in [0.2, 0.25) is 0 Å². The molecule has 1 atom stereocenters. The van der Waals surface area contributed by atoms with E-state index >= 15 is 0 Å². The number of rotatable bonds is 4. The third kappa shape index (κ3) is 2.33. The number of amides is 1. The standard InChI is InChI=1S/C16H20N2O3/c1-4-17-16(19)12-8-11-13(20-5-2)7-10-6-9(3)21-15(10)14(11)18-12/h7-9,18H,4-6H2,1-3H3,(H,17,19). The number of fused-ring (bicyclic) bond motifs is 3. The van der Waals surface area contributed by atoms with E-state index in [0.717, 1.165) is 34.4 Å².